The summed E-state index contributed by atoms with van der Waals surface area (Å²) in [5.74, 6) is 0. The third kappa shape index (κ3) is 5.40. The maximum atomic E-state index is 12.4. The predicted molar refractivity (Wildman–Crippen MR) is 101 cm³/mol. The van der Waals surface area contributed by atoms with E-state index >= 15 is 0 Å². The van der Waals surface area contributed by atoms with Gasteiger partial charge in [-0.05, 0) is 36.2 Å². The zero-order valence-electron chi connectivity index (χ0n) is 12.5. The van der Waals surface area contributed by atoms with Gasteiger partial charge in [-0.15, -0.1) is 0 Å². The minimum atomic E-state index is -3.89. The zero-order valence-corrected chi connectivity index (χ0v) is 17.3. The number of benzene rings is 2. The quantitative estimate of drug-likeness (QED) is 0.653. The van der Waals surface area contributed by atoms with E-state index < -0.39 is 20.0 Å². The van der Waals surface area contributed by atoms with Crippen LogP contribution >= 0.6 is 39.1 Å². The Balaban J connectivity index is 2.09. The van der Waals surface area contributed by atoms with Crippen molar-refractivity contribution in [2.75, 3.05) is 6.54 Å². The zero-order chi connectivity index (χ0) is 18.8. The maximum absolute atomic E-state index is 12.4. The molecule has 0 heterocycles. The first-order chi connectivity index (χ1) is 11.5. The fourth-order valence-electron chi connectivity index (χ4n) is 2.03. The van der Waals surface area contributed by atoms with E-state index in [-0.39, 0.29) is 26.4 Å². The van der Waals surface area contributed by atoms with Crippen molar-refractivity contribution < 1.29 is 16.8 Å². The molecule has 0 amide bonds. The van der Waals surface area contributed by atoms with Crippen LogP contribution in [-0.2, 0) is 26.5 Å². The van der Waals surface area contributed by atoms with E-state index in [9.17, 15) is 16.8 Å². The Morgan fingerprint density at radius 1 is 1.00 bits per heavy atom. The van der Waals surface area contributed by atoms with Gasteiger partial charge >= 0.3 is 0 Å². The summed E-state index contributed by atoms with van der Waals surface area (Å²) in [5.41, 5.74) is 0.739. The Hall–Kier alpha value is -0.680. The highest BCUT2D eigenvalue weighted by Crippen LogP contribution is 2.32. The Kier molecular flexibility index (Phi) is 6.53. The van der Waals surface area contributed by atoms with E-state index in [0.29, 0.717) is 10.9 Å². The molecule has 0 aliphatic rings. The van der Waals surface area contributed by atoms with Gasteiger partial charge in [0, 0.05) is 11.0 Å². The molecular weight excluding hydrogens is 475 g/mol. The fourth-order valence-corrected chi connectivity index (χ4v) is 5.51. The van der Waals surface area contributed by atoms with Gasteiger partial charge in [0.15, 0.2) is 0 Å². The first-order valence-electron chi connectivity index (χ1n) is 6.76. The smallest absolute Gasteiger partial charge is 0.225 e. The van der Waals surface area contributed by atoms with Gasteiger partial charge in [-0.2, -0.15) is 0 Å². The monoisotopic (exact) mass is 486 g/mol. The molecule has 0 saturated carbocycles. The van der Waals surface area contributed by atoms with E-state index in [0.717, 1.165) is 5.56 Å². The Labute approximate surface area is 164 Å². The summed E-state index contributed by atoms with van der Waals surface area (Å²) in [6.45, 7) is 0.0831. The lowest BCUT2D eigenvalue weighted by Crippen LogP contribution is -2.26. The third-order valence-corrected chi connectivity index (χ3v) is 6.96. The second-order valence-corrected chi connectivity index (χ2v) is 10.0. The Morgan fingerprint density at radius 2 is 1.52 bits per heavy atom. The van der Waals surface area contributed by atoms with Crippen molar-refractivity contribution in [3.8, 4) is 0 Å². The lowest BCUT2D eigenvalue weighted by atomic mass is 10.2. The normalized spacial score (nSPS) is 12.3. The molecule has 136 valence electrons. The largest absolute Gasteiger partial charge is 0.243 e. The number of halogens is 3. The molecule has 0 radical (unpaired) electrons. The molecule has 0 bridgehead atoms. The van der Waals surface area contributed by atoms with Crippen molar-refractivity contribution in [2.24, 2.45) is 5.14 Å². The molecule has 0 unspecified atom stereocenters. The molecule has 11 heteroatoms. The molecule has 0 aromatic heterocycles. The summed E-state index contributed by atoms with van der Waals surface area (Å²) in [4.78, 5) is -0.200. The number of nitrogens with one attached hydrogen (secondary N) is 1. The number of rotatable bonds is 6. The highest BCUT2D eigenvalue weighted by Gasteiger charge is 2.22. The van der Waals surface area contributed by atoms with Gasteiger partial charge < -0.3 is 0 Å². The lowest BCUT2D eigenvalue weighted by molar-refractivity contribution is 0.581. The molecule has 2 aromatic carbocycles. The highest BCUT2D eigenvalue weighted by molar-refractivity contribution is 9.10. The van der Waals surface area contributed by atoms with Crippen LogP contribution in [-0.4, -0.2) is 23.4 Å². The average molecular weight is 488 g/mol. The van der Waals surface area contributed by atoms with E-state index in [1.165, 1.54) is 24.3 Å². The van der Waals surface area contributed by atoms with Crippen LogP contribution in [0.15, 0.2) is 50.7 Å². The number of sulfonamides is 2. The number of hydrogen-bond acceptors (Lipinski definition) is 4. The second kappa shape index (κ2) is 7.91. The third-order valence-electron chi connectivity index (χ3n) is 3.19. The average Bonchev–Trinajstić information content (AvgIpc) is 2.45. The molecule has 0 aliphatic carbocycles. The van der Waals surface area contributed by atoms with Crippen LogP contribution in [0.2, 0.25) is 10.0 Å². The van der Waals surface area contributed by atoms with Crippen LogP contribution in [0.5, 0.6) is 0 Å². The first kappa shape index (κ1) is 20.6. The number of hydrogen-bond donors (Lipinski definition) is 2. The summed E-state index contributed by atoms with van der Waals surface area (Å²) in [7, 11) is -7.65. The molecule has 0 atom stereocenters. The summed E-state index contributed by atoms with van der Waals surface area (Å²) < 4.78 is 50.1. The summed E-state index contributed by atoms with van der Waals surface area (Å²) in [6, 6.07) is 8.73. The van der Waals surface area contributed by atoms with E-state index in [1.807, 2.05) is 0 Å². The summed E-state index contributed by atoms with van der Waals surface area (Å²) in [6.07, 6.45) is 0.343. The minimum absolute atomic E-state index is 0.00406. The van der Waals surface area contributed by atoms with Crippen molar-refractivity contribution in [3.05, 3.63) is 56.5 Å². The molecular formula is C14H13BrCl2N2O4S2. The van der Waals surface area contributed by atoms with Crippen molar-refractivity contribution in [2.45, 2.75) is 16.2 Å². The van der Waals surface area contributed by atoms with Gasteiger partial charge in [0.1, 0.15) is 4.90 Å². The Bertz CT molecular complexity index is 971. The molecule has 0 aliphatic heterocycles. The van der Waals surface area contributed by atoms with Crippen molar-refractivity contribution in [1.29, 1.82) is 0 Å². The fraction of sp³-hybridized carbons (Fsp3) is 0.143. The van der Waals surface area contributed by atoms with Crippen LogP contribution in [0.3, 0.4) is 0 Å². The molecule has 3 N–H and O–H groups in total. The van der Waals surface area contributed by atoms with Crippen LogP contribution in [0.1, 0.15) is 5.56 Å². The molecule has 0 spiro atoms. The topological polar surface area (TPSA) is 106 Å². The maximum Gasteiger partial charge on any atom is 0.243 e. The van der Waals surface area contributed by atoms with Crippen molar-refractivity contribution >= 4 is 59.2 Å². The van der Waals surface area contributed by atoms with Crippen LogP contribution in [0.25, 0.3) is 0 Å². The van der Waals surface area contributed by atoms with Crippen molar-refractivity contribution in [1.82, 2.24) is 4.72 Å². The standard InChI is InChI=1S/C14H13BrCl2N2O4S2/c15-10-7-12(16)14(13(17)8-10)25(22,23)19-6-5-9-1-3-11(4-2-9)24(18,20)21/h1-4,7-8,19H,5-6H2,(H2,18,20,21). The predicted octanol–water partition coefficient (Wildman–Crippen LogP) is 2.92. The van der Waals surface area contributed by atoms with Crippen LogP contribution in [0.4, 0.5) is 0 Å². The minimum Gasteiger partial charge on any atom is -0.225 e. The van der Waals surface area contributed by atoms with Crippen LogP contribution in [0, 0.1) is 0 Å². The van der Waals surface area contributed by atoms with Gasteiger partial charge in [-0.25, -0.2) is 26.7 Å². The van der Waals surface area contributed by atoms with Gasteiger partial charge in [0.25, 0.3) is 0 Å². The molecule has 2 aromatic rings. The van der Waals surface area contributed by atoms with E-state index in [4.69, 9.17) is 28.3 Å². The van der Waals surface area contributed by atoms with Crippen LogP contribution < -0.4 is 9.86 Å². The molecule has 2 rings (SSSR count). The van der Waals surface area contributed by atoms with Gasteiger partial charge in [-0.3, -0.25) is 0 Å². The molecule has 0 fully saturated rings. The van der Waals surface area contributed by atoms with Gasteiger partial charge in [0.05, 0.1) is 14.9 Å². The summed E-state index contributed by atoms with van der Waals surface area (Å²) in [5, 5.41) is 5.03. The SMILES string of the molecule is NS(=O)(=O)c1ccc(CCNS(=O)(=O)c2c(Cl)cc(Br)cc2Cl)cc1. The number of nitrogens with two attached hydrogens (primary N) is 1. The summed E-state index contributed by atoms with van der Waals surface area (Å²) >= 11 is 15.1. The first-order valence-corrected chi connectivity index (χ1v) is 11.3. The lowest BCUT2D eigenvalue weighted by Gasteiger charge is -2.11. The molecule has 25 heavy (non-hydrogen) atoms. The van der Waals surface area contributed by atoms with E-state index in [1.54, 1.807) is 12.1 Å². The Morgan fingerprint density at radius 3 is 2.00 bits per heavy atom. The van der Waals surface area contributed by atoms with Crippen molar-refractivity contribution in [3.63, 3.8) is 0 Å². The molecule has 6 nitrogen and oxygen atoms in total. The van der Waals surface area contributed by atoms with Gasteiger partial charge in [-0.1, -0.05) is 51.3 Å². The second-order valence-electron chi connectivity index (χ2n) is 5.04. The van der Waals surface area contributed by atoms with Gasteiger partial charge in [0.2, 0.25) is 20.0 Å². The molecule has 0 saturated heterocycles. The van der Waals surface area contributed by atoms with E-state index in [2.05, 4.69) is 20.7 Å². The highest BCUT2D eigenvalue weighted by atomic mass is 79.9. The number of primary sulfonamides is 1.